The molecule has 0 radical (unpaired) electrons. The molecule has 6 heteroatoms. The lowest BCUT2D eigenvalue weighted by Gasteiger charge is -2.35. The number of piperazine rings is 1. The average molecular weight is 395 g/mol. The van der Waals surface area contributed by atoms with E-state index in [-0.39, 0.29) is 11.8 Å². The quantitative estimate of drug-likeness (QED) is 0.847. The first-order chi connectivity index (χ1) is 14.2. The topological polar surface area (TPSA) is 59.7 Å². The van der Waals surface area contributed by atoms with Crippen LogP contribution in [0.15, 0.2) is 42.1 Å². The highest BCUT2D eigenvalue weighted by atomic mass is 16.2. The standard InChI is InChI=1S/C23H30N4O2/c1-2-27(19-9-4-3-5-10-19)22(28)17-25-12-14-26(15-13-25)23(29)21-16-18-8-6-7-11-20(18)24-21/h6-9,11,16,24H,2-5,10,12-15,17H2,1H3. The van der Waals surface area contributed by atoms with Gasteiger partial charge in [-0.1, -0.05) is 24.3 Å². The normalized spacial score (nSPS) is 18.0. The van der Waals surface area contributed by atoms with Crippen LogP contribution in [0.5, 0.6) is 0 Å². The van der Waals surface area contributed by atoms with Crippen molar-refractivity contribution >= 4 is 22.7 Å². The molecular weight excluding hydrogens is 364 g/mol. The van der Waals surface area contributed by atoms with Crippen molar-refractivity contribution in [1.29, 1.82) is 0 Å². The van der Waals surface area contributed by atoms with Crippen LogP contribution in [-0.4, -0.2) is 70.8 Å². The predicted molar refractivity (Wildman–Crippen MR) is 115 cm³/mol. The maximum atomic E-state index is 12.9. The van der Waals surface area contributed by atoms with Gasteiger partial charge in [-0.25, -0.2) is 0 Å². The van der Waals surface area contributed by atoms with Crippen LogP contribution in [0.1, 0.15) is 43.1 Å². The first-order valence-electron chi connectivity index (χ1n) is 10.7. The van der Waals surface area contributed by atoms with Gasteiger partial charge in [0.25, 0.3) is 5.91 Å². The summed E-state index contributed by atoms with van der Waals surface area (Å²) in [6, 6.07) is 9.85. The summed E-state index contributed by atoms with van der Waals surface area (Å²) in [7, 11) is 0. The van der Waals surface area contributed by atoms with Crippen LogP contribution in [0.25, 0.3) is 10.9 Å². The van der Waals surface area contributed by atoms with Crippen LogP contribution in [0.2, 0.25) is 0 Å². The Balaban J connectivity index is 1.32. The van der Waals surface area contributed by atoms with Crippen molar-refractivity contribution in [1.82, 2.24) is 19.7 Å². The third-order valence-electron chi connectivity index (χ3n) is 6.01. The van der Waals surface area contributed by atoms with Gasteiger partial charge in [0.1, 0.15) is 5.69 Å². The van der Waals surface area contributed by atoms with E-state index < -0.39 is 0 Å². The second-order valence-electron chi connectivity index (χ2n) is 7.92. The van der Waals surface area contributed by atoms with Crippen molar-refractivity contribution in [2.45, 2.75) is 32.6 Å². The molecule has 1 aliphatic carbocycles. The van der Waals surface area contributed by atoms with E-state index in [1.807, 2.05) is 47.1 Å². The zero-order valence-electron chi connectivity index (χ0n) is 17.2. The molecule has 4 rings (SSSR count). The number of nitrogens with one attached hydrogen (secondary N) is 1. The molecule has 2 amide bonds. The molecule has 1 saturated heterocycles. The van der Waals surface area contributed by atoms with Gasteiger partial charge in [0, 0.05) is 49.3 Å². The lowest BCUT2D eigenvalue weighted by molar-refractivity contribution is -0.130. The Labute approximate surface area is 172 Å². The van der Waals surface area contributed by atoms with Crippen LogP contribution >= 0.6 is 0 Å². The first kappa shape index (κ1) is 19.7. The summed E-state index contributed by atoms with van der Waals surface area (Å²) < 4.78 is 0. The van der Waals surface area contributed by atoms with Crippen molar-refractivity contribution in [3.8, 4) is 0 Å². The lowest BCUT2D eigenvalue weighted by Crippen LogP contribution is -2.51. The fraction of sp³-hybridized carbons (Fsp3) is 0.478. The van der Waals surface area contributed by atoms with E-state index in [9.17, 15) is 9.59 Å². The van der Waals surface area contributed by atoms with Gasteiger partial charge in [-0.05, 0) is 44.7 Å². The summed E-state index contributed by atoms with van der Waals surface area (Å²) in [6.45, 7) is 5.96. The number of carbonyl (C=O) groups is 2. The van der Waals surface area contributed by atoms with Crippen LogP contribution in [0.4, 0.5) is 0 Å². The molecule has 2 heterocycles. The number of aromatic nitrogens is 1. The summed E-state index contributed by atoms with van der Waals surface area (Å²) in [5.74, 6) is 0.214. The molecule has 1 N–H and O–H groups in total. The van der Waals surface area contributed by atoms with Gasteiger partial charge < -0.3 is 14.8 Å². The number of hydrogen-bond donors (Lipinski definition) is 1. The molecule has 0 bridgehead atoms. The number of carbonyl (C=O) groups excluding carboxylic acids is 2. The molecular formula is C23H30N4O2. The summed E-state index contributed by atoms with van der Waals surface area (Å²) in [5.41, 5.74) is 2.81. The number of allylic oxidation sites excluding steroid dienone is 2. The Bertz CT molecular complexity index is 875. The highest BCUT2D eigenvalue weighted by Crippen LogP contribution is 2.21. The Morgan fingerprint density at radius 2 is 1.90 bits per heavy atom. The fourth-order valence-corrected chi connectivity index (χ4v) is 4.35. The van der Waals surface area contributed by atoms with Gasteiger partial charge in [-0.15, -0.1) is 0 Å². The Hall–Kier alpha value is -2.60. The molecule has 6 nitrogen and oxygen atoms in total. The molecule has 154 valence electrons. The zero-order chi connectivity index (χ0) is 20.2. The molecule has 2 aromatic rings. The smallest absolute Gasteiger partial charge is 0.270 e. The third-order valence-corrected chi connectivity index (χ3v) is 6.01. The zero-order valence-corrected chi connectivity index (χ0v) is 17.2. The maximum absolute atomic E-state index is 12.9. The number of nitrogens with zero attached hydrogens (tertiary/aromatic N) is 3. The molecule has 0 saturated carbocycles. The van der Waals surface area contributed by atoms with Crippen molar-refractivity contribution in [2.75, 3.05) is 39.3 Å². The molecule has 1 aromatic heterocycles. The van der Waals surface area contributed by atoms with Gasteiger partial charge in [-0.3, -0.25) is 14.5 Å². The Morgan fingerprint density at radius 3 is 2.59 bits per heavy atom. The van der Waals surface area contributed by atoms with E-state index in [0.717, 1.165) is 43.4 Å². The summed E-state index contributed by atoms with van der Waals surface area (Å²) in [5, 5.41) is 1.05. The van der Waals surface area contributed by atoms with Gasteiger partial charge in [0.05, 0.1) is 6.54 Å². The summed E-state index contributed by atoms with van der Waals surface area (Å²) in [6.07, 6.45) is 6.70. The lowest BCUT2D eigenvalue weighted by atomic mass is 10.0. The second-order valence-corrected chi connectivity index (χ2v) is 7.92. The van der Waals surface area contributed by atoms with Crippen molar-refractivity contribution in [3.05, 3.63) is 47.8 Å². The average Bonchev–Trinajstić information content (AvgIpc) is 3.19. The Morgan fingerprint density at radius 1 is 1.10 bits per heavy atom. The number of amides is 2. The minimum atomic E-state index is 0.0368. The van der Waals surface area contributed by atoms with Gasteiger partial charge >= 0.3 is 0 Å². The molecule has 2 aliphatic rings. The first-order valence-corrected chi connectivity index (χ1v) is 10.7. The van der Waals surface area contributed by atoms with Gasteiger partial charge in [0.15, 0.2) is 0 Å². The minimum absolute atomic E-state index is 0.0368. The van der Waals surface area contributed by atoms with Crippen molar-refractivity contribution in [2.24, 2.45) is 0 Å². The summed E-state index contributed by atoms with van der Waals surface area (Å²) >= 11 is 0. The van der Waals surface area contributed by atoms with E-state index in [1.165, 1.54) is 18.5 Å². The molecule has 0 unspecified atom stereocenters. The number of hydrogen-bond acceptors (Lipinski definition) is 3. The number of H-pyrrole nitrogens is 1. The van der Waals surface area contributed by atoms with Gasteiger partial charge in [-0.2, -0.15) is 0 Å². The summed E-state index contributed by atoms with van der Waals surface area (Å²) in [4.78, 5) is 34.9. The third kappa shape index (κ3) is 4.37. The predicted octanol–water partition coefficient (Wildman–Crippen LogP) is 3.23. The van der Waals surface area contributed by atoms with E-state index in [2.05, 4.69) is 16.0 Å². The number of para-hydroxylation sites is 1. The molecule has 1 aromatic carbocycles. The SMILES string of the molecule is CCN(C(=O)CN1CCN(C(=O)c2cc3ccccc3[nH]2)CC1)C1=CCCCC1. The minimum Gasteiger partial charge on any atom is -0.351 e. The molecule has 0 atom stereocenters. The highest BCUT2D eigenvalue weighted by molar-refractivity contribution is 5.98. The number of fused-ring (bicyclic) bond motifs is 1. The fourth-order valence-electron chi connectivity index (χ4n) is 4.35. The van der Waals surface area contributed by atoms with E-state index in [0.29, 0.717) is 25.3 Å². The van der Waals surface area contributed by atoms with Crippen LogP contribution in [0.3, 0.4) is 0 Å². The number of aromatic amines is 1. The van der Waals surface area contributed by atoms with Gasteiger partial charge in [0.2, 0.25) is 5.91 Å². The number of benzene rings is 1. The molecule has 1 aliphatic heterocycles. The van der Waals surface area contributed by atoms with E-state index in [4.69, 9.17) is 0 Å². The van der Waals surface area contributed by atoms with Crippen molar-refractivity contribution < 1.29 is 9.59 Å². The number of rotatable bonds is 5. The van der Waals surface area contributed by atoms with Crippen LogP contribution < -0.4 is 0 Å². The highest BCUT2D eigenvalue weighted by Gasteiger charge is 2.26. The molecule has 29 heavy (non-hydrogen) atoms. The monoisotopic (exact) mass is 394 g/mol. The molecule has 1 fully saturated rings. The van der Waals surface area contributed by atoms with Crippen LogP contribution in [0, 0.1) is 0 Å². The second kappa shape index (κ2) is 8.82. The Kier molecular flexibility index (Phi) is 6.00. The molecule has 0 spiro atoms. The maximum Gasteiger partial charge on any atom is 0.270 e. The van der Waals surface area contributed by atoms with E-state index in [1.54, 1.807) is 0 Å². The van der Waals surface area contributed by atoms with Crippen molar-refractivity contribution in [3.63, 3.8) is 0 Å². The van der Waals surface area contributed by atoms with Crippen LogP contribution in [-0.2, 0) is 4.79 Å². The largest absolute Gasteiger partial charge is 0.351 e. The number of likely N-dealkylation sites (N-methyl/N-ethyl adjacent to an activating group) is 1. The van der Waals surface area contributed by atoms with E-state index >= 15 is 0 Å².